The molecule has 8 heteroatoms. The molecule has 0 unspecified atom stereocenters. The third-order valence-corrected chi connectivity index (χ3v) is 5.87. The van der Waals surface area contributed by atoms with Gasteiger partial charge in [-0.05, 0) is 30.5 Å². The standard InChI is InChI=1S/C20H16FN3O3S/c21-15-7-5-14(6-8-15)20(9-2-10-20)18(25)23-19-22-17(12-28-19)13-3-1-4-16(11-13)24(26)27/h1,3-8,11-12H,2,9-10H2,(H,22,23,25). The second-order valence-electron chi connectivity index (χ2n) is 6.74. The predicted octanol–water partition coefficient (Wildman–Crippen LogP) is 4.92. The second kappa shape index (κ2) is 7.12. The first kappa shape index (κ1) is 18.2. The number of amides is 1. The molecule has 28 heavy (non-hydrogen) atoms. The highest BCUT2D eigenvalue weighted by Crippen LogP contribution is 2.45. The number of thiazole rings is 1. The number of hydrogen-bond donors (Lipinski definition) is 1. The number of anilines is 1. The number of nitrogens with one attached hydrogen (secondary N) is 1. The predicted molar refractivity (Wildman–Crippen MR) is 105 cm³/mol. The molecule has 2 aromatic carbocycles. The number of nitro groups is 1. The van der Waals surface area contributed by atoms with E-state index in [9.17, 15) is 19.3 Å². The third-order valence-electron chi connectivity index (χ3n) is 5.12. The topological polar surface area (TPSA) is 85.1 Å². The van der Waals surface area contributed by atoms with Crippen LogP contribution in [0.3, 0.4) is 0 Å². The van der Waals surface area contributed by atoms with Crippen LogP contribution in [0, 0.1) is 15.9 Å². The SMILES string of the molecule is O=C(Nc1nc(-c2cccc([N+](=O)[O-])c2)cs1)C1(c2ccc(F)cc2)CCC1. The lowest BCUT2D eigenvalue weighted by Crippen LogP contribution is -2.46. The van der Waals surface area contributed by atoms with Crippen molar-refractivity contribution in [2.45, 2.75) is 24.7 Å². The fourth-order valence-corrected chi connectivity index (χ4v) is 4.12. The smallest absolute Gasteiger partial charge is 0.270 e. The molecule has 1 saturated carbocycles. The number of benzene rings is 2. The fourth-order valence-electron chi connectivity index (χ4n) is 3.41. The average molecular weight is 397 g/mol. The van der Waals surface area contributed by atoms with Gasteiger partial charge in [0.15, 0.2) is 5.13 Å². The van der Waals surface area contributed by atoms with E-state index in [2.05, 4.69) is 10.3 Å². The molecule has 0 aliphatic heterocycles. The molecular weight excluding hydrogens is 381 g/mol. The van der Waals surface area contributed by atoms with E-state index in [1.807, 2.05) is 0 Å². The monoisotopic (exact) mass is 397 g/mol. The van der Waals surface area contributed by atoms with E-state index in [-0.39, 0.29) is 17.4 Å². The maximum absolute atomic E-state index is 13.2. The lowest BCUT2D eigenvalue weighted by atomic mass is 9.64. The Kier molecular flexibility index (Phi) is 4.64. The molecule has 4 rings (SSSR count). The average Bonchev–Trinajstić information content (AvgIpc) is 3.11. The zero-order valence-electron chi connectivity index (χ0n) is 14.7. The van der Waals surface area contributed by atoms with Gasteiger partial charge in [0.2, 0.25) is 5.91 Å². The molecule has 1 heterocycles. The number of nitrogens with zero attached hydrogens (tertiary/aromatic N) is 2. The van der Waals surface area contributed by atoms with Crippen LogP contribution in [0.1, 0.15) is 24.8 Å². The molecule has 0 spiro atoms. The van der Waals surface area contributed by atoms with E-state index in [1.165, 1.54) is 35.6 Å². The molecular formula is C20H16FN3O3S. The summed E-state index contributed by atoms with van der Waals surface area (Å²) in [6.45, 7) is 0. The molecule has 1 amide bonds. The van der Waals surface area contributed by atoms with Gasteiger partial charge in [-0.2, -0.15) is 0 Å². The van der Waals surface area contributed by atoms with E-state index in [1.54, 1.807) is 29.6 Å². The minimum absolute atomic E-state index is 0.0131. The van der Waals surface area contributed by atoms with Gasteiger partial charge in [0.25, 0.3) is 5.69 Å². The Balaban J connectivity index is 1.55. The molecule has 3 aromatic rings. The van der Waals surface area contributed by atoms with Crippen molar-refractivity contribution in [1.82, 2.24) is 4.98 Å². The summed E-state index contributed by atoms with van der Waals surface area (Å²) >= 11 is 1.26. The van der Waals surface area contributed by atoms with Crippen molar-refractivity contribution in [1.29, 1.82) is 0 Å². The Labute approximate surface area is 164 Å². The van der Waals surface area contributed by atoms with Gasteiger partial charge in [-0.25, -0.2) is 9.37 Å². The summed E-state index contributed by atoms with van der Waals surface area (Å²) in [5.41, 5.74) is 1.30. The van der Waals surface area contributed by atoms with Crippen LogP contribution in [-0.4, -0.2) is 15.8 Å². The highest BCUT2D eigenvalue weighted by molar-refractivity contribution is 7.14. The van der Waals surface area contributed by atoms with Crippen molar-refractivity contribution in [3.05, 3.63) is 75.4 Å². The first-order chi connectivity index (χ1) is 13.5. The van der Waals surface area contributed by atoms with Crippen molar-refractivity contribution < 1.29 is 14.1 Å². The lowest BCUT2D eigenvalue weighted by molar-refractivity contribution is -0.384. The Bertz CT molecular complexity index is 1040. The van der Waals surface area contributed by atoms with Gasteiger partial charge in [-0.1, -0.05) is 30.7 Å². The molecule has 1 aliphatic rings. The third kappa shape index (κ3) is 3.27. The Hall–Kier alpha value is -3.13. The summed E-state index contributed by atoms with van der Waals surface area (Å²) in [6, 6.07) is 12.3. The van der Waals surface area contributed by atoms with Crippen molar-refractivity contribution in [2.75, 3.05) is 5.32 Å². The van der Waals surface area contributed by atoms with E-state index in [0.29, 0.717) is 29.2 Å². The lowest BCUT2D eigenvalue weighted by Gasteiger charge is -2.40. The number of non-ortho nitro benzene ring substituents is 1. The highest BCUT2D eigenvalue weighted by atomic mass is 32.1. The number of carbonyl (C=O) groups is 1. The maximum atomic E-state index is 13.2. The number of hydrogen-bond acceptors (Lipinski definition) is 5. The van der Waals surface area contributed by atoms with Gasteiger partial charge in [-0.15, -0.1) is 11.3 Å². The Morgan fingerprint density at radius 2 is 1.96 bits per heavy atom. The van der Waals surface area contributed by atoms with E-state index in [4.69, 9.17) is 0 Å². The maximum Gasteiger partial charge on any atom is 0.270 e. The molecule has 142 valence electrons. The first-order valence-corrected chi connectivity index (χ1v) is 9.64. The summed E-state index contributed by atoms with van der Waals surface area (Å²) < 4.78 is 13.2. The van der Waals surface area contributed by atoms with Crippen LogP contribution >= 0.6 is 11.3 Å². The zero-order valence-corrected chi connectivity index (χ0v) is 15.5. The quantitative estimate of drug-likeness (QED) is 0.489. The first-order valence-electron chi connectivity index (χ1n) is 8.76. The van der Waals surface area contributed by atoms with Crippen LogP contribution in [0.15, 0.2) is 53.9 Å². The zero-order chi connectivity index (χ0) is 19.7. The van der Waals surface area contributed by atoms with E-state index >= 15 is 0 Å². The molecule has 0 atom stereocenters. The van der Waals surface area contributed by atoms with Gasteiger partial charge in [0, 0.05) is 23.1 Å². The summed E-state index contributed by atoms with van der Waals surface area (Å²) in [5, 5.41) is 16.0. The Morgan fingerprint density at radius 3 is 2.61 bits per heavy atom. The minimum atomic E-state index is -0.662. The van der Waals surface area contributed by atoms with Crippen molar-refractivity contribution in [3.8, 4) is 11.3 Å². The normalized spacial score (nSPS) is 14.9. The van der Waals surface area contributed by atoms with Crippen molar-refractivity contribution >= 4 is 28.1 Å². The van der Waals surface area contributed by atoms with Crippen LogP contribution in [0.4, 0.5) is 15.2 Å². The number of nitro benzene ring substituents is 1. The van der Waals surface area contributed by atoms with Gasteiger partial charge in [0.05, 0.1) is 16.0 Å². The summed E-state index contributed by atoms with van der Waals surface area (Å²) in [7, 11) is 0. The van der Waals surface area contributed by atoms with Gasteiger partial charge in [-0.3, -0.25) is 14.9 Å². The molecule has 0 saturated heterocycles. The van der Waals surface area contributed by atoms with E-state index in [0.717, 1.165) is 12.0 Å². The molecule has 0 bridgehead atoms. The molecule has 1 N–H and O–H groups in total. The summed E-state index contributed by atoms with van der Waals surface area (Å²) in [6.07, 6.45) is 2.34. The minimum Gasteiger partial charge on any atom is -0.301 e. The molecule has 1 aliphatic carbocycles. The number of halogens is 1. The number of rotatable bonds is 5. The van der Waals surface area contributed by atoms with Crippen molar-refractivity contribution in [2.24, 2.45) is 0 Å². The molecule has 0 radical (unpaired) electrons. The van der Waals surface area contributed by atoms with Crippen LogP contribution < -0.4 is 5.32 Å². The van der Waals surface area contributed by atoms with E-state index < -0.39 is 10.3 Å². The number of carbonyl (C=O) groups excluding carboxylic acids is 1. The van der Waals surface area contributed by atoms with Crippen LogP contribution in [0.5, 0.6) is 0 Å². The highest BCUT2D eigenvalue weighted by Gasteiger charge is 2.45. The molecule has 1 aromatic heterocycles. The van der Waals surface area contributed by atoms with Crippen LogP contribution in [0.25, 0.3) is 11.3 Å². The fraction of sp³-hybridized carbons (Fsp3) is 0.200. The largest absolute Gasteiger partial charge is 0.301 e. The van der Waals surface area contributed by atoms with Crippen LogP contribution in [-0.2, 0) is 10.2 Å². The molecule has 1 fully saturated rings. The summed E-state index contributed by atoms with van der Waals surface area (Å²) in [5.74, 6) is -0.495. The Morgan fingerprint density at radius 1 is 1.21 bits per heavy atom. The second-order valence-corrected chi connectivity index (χ2v) is 7.60. The van der Waals surface area contributed by atoms with Gasteiger partial charge < -0.3 is 5.32 Å². The number of aromatic nitrogens is 1. The van der Waals surface area contributed by atoms with Gasteiger partial charge in [0.1, 0.15) is 5.82 Å². The van der Waals surface area contributed by atoms with Crippen LogP contribution in [0.2, 0.25) is 0 Å². The molecule has 6 nitrogen and oxygen atoms in total. The van der Waals surface area contributed by atoms with Crippen molar-refractivity contribution in [3.63, 3.8) is 0 Å². The summed E-state index contributed by atoms with van der Waals surface area (Å²) in [4.78, 5) is 27.9. The van der Waals surface area contributed by atoms with Gasteiger partial charge >= 0.3 is 0 Å².